The molecule has 32 heavy (non-hydrogen) atoms. The van der Waals surface area contributed by atoms with E-state index in [-0.39, 0.29) is 18.0 Å². The number of carbonyl (C=O) groups is 2. The number of carbonyl (C=O) groups excluding carboxylic acids is 2. The topological polar surface area (TPSA) is 80.3 Å². The Morgan fingerprint density at radius 2 is 1.38 bits per heavy atom. The van der Waals surface area contributed by atoms with Crippen molar-refractivity contribution in [3.8, 4) is 17.2 Å². The fourth-order valence-electron chi connectivity index (χ4n) is 4.32. The van der Waals surface area contributed by atoms with Gasteiger partial charge in [0.05, 0.1) is 19.8 Å². The summed E-state index contributed by atoms with van der Waals surface area (Å²) < 4.78 is 17.2. The summed E-state index contributed by atoms with van der Waals surface area (Å²) in [4.78, 5) is 29.4. The van der Waals surface area contributed by atoms with E-state index in [1.165, 1.54) is 19.3 Å². The first kappa shape index (κ1) is 24.0. The second kappa shape index (κ2) is 11.8. The Hall–Kier alpha value is -2.64. The van der Waals surface area contributed by atoms with Crippen LogP contribution >= 0.6 is 0 Å². The van der Waals surface area contributed by atoms with Gasteiger partial charge in [0.15, 0.2) is 11.5 Å². The molecule has 2 fully saturated rings. The van der Waals surface area contributed by atoms with Crippen LogP contribution in [0.2, 0.25) is 0 Å². The van der Waals surface area contributed by atoms with E-state index in [4.69, 9.17) is 14.2 Å². The van der Waals surface area contributed by atoms with E-state index in [0.29, 0.717) is 68.8 Å². The summed E-state index contributed by atoms with van der Waals surface area (Å²) in [7, 11) is 0. The molecule has 0 unspecified atom stereocenters. The van der Waals surface area contributed by atoms with Crippen LogP contribution in [-0.4, -0.2) is 73.8 Å². The molecule has 1 aliphatic heterocycles. The van der Waals surface area contributed by atoms with Gasteiger partial charge in [-0.1, -0.05) is 19.3 Å². The van der Waals surface area contributed by atoms with Crippen molar-refractivity contribution in [1.29, 1.82) is 0 Å². The number of hydrogen-bond acceptors (Lipinski definition) is 5. The van der Waals surface area contributed by atoms with Crippen LogP contribution in [0.5, 0.6) is 17.2 Å². The van der Waals surface area contributed by atoms with Gasteiger partial charge in [0.1, 0.15) is 0 Å². The third kappa shape index (κ3) is 5.99. The van der Waals surface area contributed by atoms with Crippen molar-refractivity contribution in [1.82, 2.24) is 15.1 Å². The average Bonchev–Trinajstić information content (AvgIpc) is 2.81. The number of urea groups is 1. The second-order valence-corrected chi connectivity index (χ2v) is 8.16. The van der Waals surface area contributed by atoms with E-state index in [1.54, 1.807) is 17.0 Å². The van der Waals surface area contributed by atoms with Crippen LogP contribution in [0.15, 0.2) is 12.1 Å². The zero-order chi connectivity index (χ0) is 22.9. The van der Waals surface area contributed by atoms with Crippen molar-refractivity contribution in [3.63, 3.8) is 0 Å². The third-order valence-electron chi connectivity index (χ3n) is 5.94. The number of rotatable bonds is 8. The Labute approximate surface area is 191 Å². The molecule has 1 heterocycles. The van der Waals surface area contributed by atoms with E-state index in [0.717, 1.165) is 12.8 Å². The molecular weight excluding hydrogens is 410 g/mol. The van der Waals surface area contributed by atoms with Gasteiger partial charge in [0.2, 0.25) is 5.75 Å². The molecule has 178 valence electrons. The molecule has 1 aliphatic carbocycles. The Balaban J connectivity index is 1.65. The van der Waals surface area contributed by atoms with Gasteiger partial charge in [-0.2, -0.15) is 0 Å². The lowest BCUT2D eigenvalue weighted by Gasteiger charge is -2.36. The molecule has 1 N–H and O–H groups in total. The maximum Gasteiger partial charge on any atom is 0.317 e. The minimum absolute atomic E-state index is 0.0117. The van der Waals surface area contributed by atoms with E-state index >= 15 is 0 Å². The SMILES string of the molecule is CCOc1cc(C(=O)N2CCN(C(=O)NC3CCCCC3)CC2)cc(OCC)c1OCC. The number of nitrogens with zero attached hydrogens (tertiary/aromatic N) is 2. The molecular formula is C24H37N3O5. The Kier molecular flexibility index (Phi) is 8.88. The summed E-state index contributed by atoms with van der Waals surface area (Å²) in [6.07, 6.45) is 5.75. The number of piperazine rings is 1. The van der Waals surface area contributed by atoms with E-state index < -0.39 is 0 Å². The summed E-state index contributed by atoms with van der Waals surface area (Å²) in [5.41, 5.74) is 0.500. The van der Waals surface area contributed by atoms with Crippen LogP contribution in [0, 0.1) is 0 Å². The number of hydrogen-bond donors (Lipinski definition) is 1. The minimum Gasteiger partial charge on any atom is -0.490 e. The van der Waals surface area contributed by atoms with Gasteiger partial charge in [0.25, 0.3) is 5.91 Å². The lowest BCUT2D eigenvalue weighted by Crippen LogP contribution is -2.54. The van der Waals surface area contributed by atoms with Gasteiger partial charge in [-0.15, -0.1) is 0 Å². The summed E-state index contributed by atoms with van der Waals surface area (Å²) in [5, 5.41) is 3.16. The highest BCUT2D eigenvalue weighted by Crippen LogP contribution is 2.39. The predicted octanol–water partition coefficient (Wildman–Crippen LogP) is 3.68. The van der Waals surface area contributed by atoms with Crippen molar-refractivity contribution in [3.05, 3.63) is 17.7 Å². The third-order valence-corrected chi connectivity index (χ3v) is 5.94. The first-order valence-electron chi connectivity index (χ1n) is 12.0. The minimum atomic E-state index is -0.0951. The Morgan fingerprint density at radius 3 is 1.91 bits per heavy atom. The molecule has 3 rings (SSSR count). The van der Waals surface area contributed by atoms with Crippen molar-refractivity contribution in [2.45, 2.75) is 58.9 Å². The number of benzene rings is 1. The van der Waals surface area contributed by atoms with Crippen LogP contribution in [0.4, 0.5) is 4.79 Å². The summed E-state index contributed by atoms with van der Waals surface area (Å²) in [6, 6.07) is 3.72. The zero-order valence-corrected chi connectivity index (χ0v) is 19.7. The standard InChI is InChI=1S/C24H37N3O5/c1-4-30-20-16-18(17-21(31-5-2)22(20)32-6-3)23(28)26-12-14-27(15-13-26)24(29)25-19-10-8-7-9-11-19/h16-17,19H,4-15H2,1-3H3,(H,25,29). The van der Waals surface area contributed by atoms with Crippen LogP contribution in [0.3, 0.4) is 0 Å². The predicted molar refractivity (Wildman–Crippen MR) is 123 cm³/mol. The highest BCUT2D eigenvalue weighted by atomic mass is 16.5. The molecule has 0 aromatic heterocycles. The van der Waals surface area contributed by atoms with Crippen molar-refractivity contribution in [2.24, 2.45) is 0 Å². The molecule has 1 saturated carbocycles. The average molecular weight is 448 g/mol. The van der Waals surface area contributed by atoms with Gasteiger partial charge in [0, 0.05) is 37.8 Å². The summed E-state index contributed by atoms with van der Waals surface area (Å²) in [5.74, 6) is 1.45. The molecule has 2 aliphatic rings. The highest BCUT2D eigenvalue weighted by molar-refractivity contribution is 5.96. The fourth-order valence-corrected chi connectivity index (χ4v) is 4.32. The normalized spacial score (nSPS) is 17.1. The maximum absolute atomic E-state index is 13.2. The lowest BCUT2D eigenvalue weighted by atomic mass is 9.96. The molecule has 1 saturated heterocycles. The molecule has 1 aromatic rings. The molecule has 0 atom stereocenters. The zero-order valence-electron chi connectivity index (χ0n) is 19.7. The quantitative estimate of drug-likeness (QED) is 0.658. The molecule has 1 aromatic carbocycles. The molecule has 0 bridgehead atoms. The van der Waals surface area contributed by atoms with Crippen molar-refractivity contribution < 1.29 is 23.8 Å². The molecule has 3 amide bonds. The molecule has 0 radical (unpaired) electrons. The fraction of sp³-hybridized carbons (Fsp3) is 0.667. The van der Waals surface area contributed by atoms with Crippen molar-refractivity contribution in [2.75, 3.05) is 46.0 Å². The van der Waals surface area contributed by atoms with E-state index in [9.17, 15) is 9.59 Å². The van der Waals surface area contributed by atoms with Gasteiger partial charge in [-0.05, 0) is 45.7 Å². The second-order valence-electron chi connectivity index (χ2n) is 8.16. The molecule has 8 nitrogen and oxygen atoms in total. The number of amides is 3. The number of nitrogens with one attached hydrogen (secondary N) is 1. The first-order chi connectivity index (χ1) is 15.6. The Bertz CT molecular complexity index is 744. The Morgan fingerprint density at radius 1 is 0.844 bits per heavy atom. The van der Waals surface area contributed by atoms with Crippen LogP contribution < -0.4 is 19.5 Å². The first-order valence-corrected chi connectivity index (χ1v) is 12.0. The smallest absolute Gasteiger partial charge is 0.317 e. The van der Waals surface area contributed by atoms with Crippen LogP contribution in [-0.2, 0) is 0 Å². The maximum atomic E-state index is 13.2. The van der Waals surface area contributed by atoms with E-state index in [1.807, 2.05) is 25.7 Å². The number of ether oxygens (including phenoxy) is 3. The lowest BCUT2D eigenvalue weighted by molar-refractivity contribution is 0.0661. The van der Waals surface area contributed by atoms with Crippen molar-refractivity contribution >= 4 is 11.9 Å². The van der Waals surface area contributed by atoms with Gasteiger partial charge < -0.3 is 29.3 Å². The molecule has 8 heteroatoms. The largest absolute Gasteiger partial charge is 0.490 e. The van der Waals surface area contributed by atoms with Gasteiger partial charge >= 0.3 is 6.03 Å². The summed E-state index contributed by atoms with van der Waals surface area (Å²) in [6.45, 7) is 9.11. The van der Waals surface area contributed by atoms with Gasteiger partial charge in [-0.3, -0.25) is 4.79 Å². The van der Waals surface area contributed by atoms with E-state index in [2.05, 4.69) is 5.32 Å². The van der Waals surface area contributed by atoms with Crippen LogP contribution in [0.1, 0.15) is 63.2 Å². The van der Waals surface area contributed by atoms with Crippen LogP contribution in [0.25, 0.3) is 0 Å². The molecule has 0 spiro atoms. The van der Waals surface area contributed by atoms with Gasteiger partial charge in [-0.25, -0.2) is 4.79 Å². The highest BCUT2D eigenvalue weighted by Gasteiger charge is 2.28. The summed E-state index contributed by atoms with van der Waals surface area (Å²) >= 11 is 0. The monoisotopic (exact) mass is 447 g/mol.